The first kappa shape index (κ1) is 9.07. The number of aryl methyl sites for hydroxylation is 2. The van der Waals surface area contributed by atoms with E-state index in [9.17, 15) is 0 Å². The number of fused-ring (bicyclic) bond motifs is 1. The third-order valence-electron chi connectivity index (χ3n) is 1.74. The second kappa shape index (κ2) is 3.15. The highest BCUT2D eigenvalue weighted by atomic mass is 35.5. The van der Waals surface area contributed by atoms with Gasteiger partial charge in [0.25, 0.3) is 0 Å². The van der Waals surface area contributed by atoms with Crippen molar-refractivity contribution < 1.29 is 0 Å². The SMILES string of the molecule is Cc1ccn2cc(C)nc2c1.Cl. The predicted octanol–water partition coefficient (Wildman–Crippen LogP) is 2.37. The molecule has 2 heterocycles. The van der Waals surface area contributed by atoms with Crippen molar-refractivity contribution in [3.8, 4) is 0 Å². The molecule has 0 aliphatic rings. The van der Waals surface area contributed by atoms with Crippen LogP contribution in [0, 0.1) is 13.8 Å². The van der Waals surface area contributed by atoms with Crippen LogP contribution >= 0.6 is 12.4 Å². The summed E-state index contributed by atoms with van der Waals surface area (Å²) in [5.74, 6) is 0. The quantitative estimate of drug-likeness (QED) is 0.612. The molecule has 2 rings (SSSR count). The van der Waals surface area contributed by atoms with Crippen LogP contribution in [0.1, 0.15) is 11.3 Å². The number of hydrogen-bond donors (Lipinski definition) is 0. The molecule has 2 aromatic heterocycles. The zero-order valence-corrected chi connectivity index (χ0v) is 7.93. The normalized spacial score (nSPS) is 9.83. The molecular weight excluding hydrogens is 172 g/mol. The van der Waals surface area contributed by atoms with Gasteiger partial charge in [-0.25, -0.2) is 4.98 Å². The summed E-state index contributed by atoms with van der Waals surface area (Å²) < 4.78 is 2.03. The van der Waals surface area contributed by atoms with E-state index >= 15 is 0 Å². The largest absolute Gasteiger partial charge is 0.307 e. The van der Waals surface area contributed by atoms with Gasteiger partial charge in [0.1, 0.15) is 5.65 Å². The molecule has 0 atom stereocenters. The highest BCUT2D eigenvalue weighted by molar-refractivity contribution is 5.85. The van der Waals surface area contributed by atoms with Gasteiger partial charge in [-0.15, -0.1) is 12.4 Å². The van der Waals surface area contributed by atoms with Crippen molar-refractivity contribution in [2.45, 2.75) is 13.8 Å². The van der Waals surface area contributed by atoms with Crippen LogP contribution in [0.4, 0.5) is 0 Å². The first-order chi connectivity index (χ1) is 5.25. The molecule has 0 fully saturated rings. The summed E-state index contributed by atoms with van der Waals surface area (Å²) in [7, 11) is 0. The number of nitrogens with zero attached hydrogens (tertiary/aromatic N) is 2. The fourth-order valence-corrected chi connectivity index (χ4v) is 1.21. The van der Waals surface area contributed by atoms with Gasteiger partial charge < -0.3 is 4.40 Å². The number of hydrogen-bond acceptors (Lipinski definition) is 1. The summed E-state index contributed by atoms with van der Waals surface area (Å²) in [6, 6.07) is 4.15. The molecule has 12 heavy (non-hydrogen) atoms. The Morgan fingerprint density at radius 3 is 2.83 bits per heavy atom. The summed E-state index contributed by atoms with van der Waals surface area (Å²) in [6.45, 7) is 4.08. The highest BCUT2D eigenvalue weighted by Gasteiger charge is 1.95. The molecule has 0 aliphatic carbocycles. The lowest BCUT2D eigenvalue weighted by Gasteiger charge is -1.92. The van der Waals surface area contributed by atoms with Gasteiger partial charge in [-0.3, -0.25) is 0 Å². The van der Waals surface area contributed by atoms with E-state index in [4.69, 9.17) is 0 Å². The molecule has 0 amide bonds. The average molecular weight is 183 g/mol. The molecule has 2 aromatic rings. The number of halogens is 1. The van der Waals surface area contributed by atoms with Gasteiger partial charge in [0.05, 0.1) is 5.69 Å². The molecule has 0 spiro atoms. The van der Waals surface area contributed by atoms with Crippen molar-refractivity contribution >= 4 is 18.1 Å². The van der Waals surface area contributed by atoms with Crippen LogP contribution in [-0.4, -0.2) is 9.38 Å². The highest BCUT2D eigenvalue weighted by Crippen LogP contribution is 2.05. The summed E-state index contributed by atoms with van der Waals surface area (Å²) >= 11 is 0. The maximum atomic E-state index is 4.34. The minimum absolute atomic E-state index is 0. The summed E-state index contributed by atoms with van der Waals surface area (Å²) in [6.07, 6.45) is 4.06. The second-order valence-electron chi connectivity index (χ2n) is 2.85. The molecule has 0 aromatic carbocycles. The van der Waals surface area contributed by atoms with Crippen molar-refractivity contribution in [3.63, 3.8) is 0 Å². The zero-order chi connectivity index (χ0) is 7.84. The fraction of sp³-hybridized carbons (Fsp3) is 0.222. The van der Waals surface area contributed by atoms with Gasteiger partial charge in [0, 0.05) is 12.4 Å². The average Bonchev–Trinajstić information content (AvgIpc) is 2.27. The van der Waals surface area contributed by atoms with E-state index in [1.54, 1.807) is 0 Å². The van der Waals surface area contributed by atoms with Crippen LogP contribution < -0.4 is 0 Å². The molecule has 3 heteroatoms. The Kier molecular flexibility index (Phi) is 2.38. The number of rotatable bonds is 0. The van der Waals surface area contributed by atoms with Crippen LogP contribution in [0.5, 0.6) is 0 Å². The molecule has 0 N–H and O–H groups in total. The standard InChI is InChI=1S/C9H10N2.ClH/c1-7-3-4-11-6-8(2)10-9(11)5-7;/h3-6H,1-2H3;1H. The Balaban J connectivity index is 0.000000720. The first-order valence-corrected chi connectivity index (χ1v) is 3.68. The van der Waals surface area contributed by atoms with E-state index in [1.807, 2.05) is 23.7 Å². The lowest BCUT2D eigenvalue weighted by atomic mass is 10.3. The molecule has 0 radical (unpaired) electrons. The number of aromatic nitrogens is 2. The minimum atomic E-state index is 0. The van der Waals surface area contributed by atoms with Gasteiger partial charge in [-0.05, 0) is 31.5 Å². The predicted molar refractivity (Wildman–Crippen MR) is 51.9 cm³/mol. The maximum absolute atomic E-state index is 4.34. The van der Waals surface area contributed by atoms with Crippen LogP contribution in [0.2, 0.25) is 0 Å². The lowest BCUT2D eigenvalue weighted by Crippen LogP contribution is -1.81. The van der Waals surface area contributed by atoms with Gasteiger partial charge in [0.15, 0.2) is 0 Å². The van der Waals surface area contributed by atoms with E-state index in [1.165, 1.54) is 5.56 Å². The van der Waals surface area contributed by atoms with Crippen molar-refractivity contribution in [2.24, 2.45) is 0 Å². The second-order valence-corrected chi connectivity index (χ2v) is 2.85. The van der Waals surface area contributed by atoms with Crippen molar-refractivity contribution in [1.29, 1.82) is 0 Å². The number of imidazole rings is 1. The van der Waals surface area contributed by atoms with Crippen LogP contribution in [-0.2, 0) is 0 Å². The van der Waals surface area contributed by atoms with Crippen molar-refractivity contribution in [2.75, 3.05) is 0 Å². The number of pyridine rings is 1. The fourth-order valence-electron chi connectivity index (χ4n) is 1.21. The van der Waals surface area contributed by atoms with Gasteiger partial charge >= 0.3 is 0 Å². The van der Waals surface area contributed by atoms with Gasteiger partial charge in [0.2, 0.25) is 0 Å². The monoisotopic (exact) mass is 182 g/mol. The molecular formula is C9H11ClN2. The van der Waals surface area contributed by atoms with Crippen LogP contribution in [0.3, 0.4) is 0 Å². The molecule has 0 saturated heterocycles. The first-order valence-electron chi connectivity index (χ1n) is 3.68. The molecule has 0 aliphatic heterocycles. The maximum Gasteiger partial charge on any atom is 0.137 e. The third kappa shape index (κ3) is 1.43. The van der Waals surface area contributed by atoms with E-state index in [0.29, 0.717) is 0 Å². The van der Waals surface area contributed by atoms with Gasteiger partial charge in [-0.1, -0.05) is 0 Å². The summed E-state index contributed by atoms with van der Waals surface area (Å²) in [5, 5.41) is 0. The summed E-state index contributed by atoms with van der Waals surface area (Å²) in [4.78, 5) is 4.34. The topological polar surface area (TPSA) is 17.3 Å². The molecule has 0 bridgehead atoms. The van der Waals surface area contributed by atoms with Crippen molar-refractivity contribution in [3.05, 3.63) is 35.8 Å². The van der Waals surface area contributed by atoms with Crippen LogP contribution in [0.25, 0.3) is 5.65 Å². The Morgan fingerprint density at radius 1 is 1.33 bits per heavy atom. The molecule has 2 nitrogen and oxygen atoms in total. The summed E-state index contributed by atoms with van der Waals surface area (Å²) in [5.41, 5.74) is 3.35. The third-order valence-corrected chi connectivity index (χ3v) is 1.74. The lowest BCUT2D eigenvalue weighted by molar-refractivity contribution is 1.17. The van der Waals surface area contributed by atoms with Crippen LogP contribution in [0.15, 0.2) is 24.5 Å². The zero-order valence-electron chi connectivity index (χ0n) is 7.11. The van der Waals surface area contributed by atoms with Gasteiger partial charge in [-0.2, -0.15) is 0 Å². The minimum Gasteiger partial charge on any atom is -0.307 e. The molecule has 64 valence electrons. The molecule has 0 saturated carbocycles. The van der Waals surface area contributed by atoms with Crippen molar-refractivity contribution in [1.82, 2.24) is 9.38 Å². The van der Waals surface area contributed by atoms with E-state index in [-0.39, 0.29) is 12.4 Å². The van der Waals surface area contributed by atoms with E-state index in [0.717, 1.165) is 11.3 Å². The Hall–Kier alpha value is -1.02. The Morgan fingerprint density at radius 2 is 2.08 bits per heavy atom. The smallest absolute Gasteiger partial charge is 0.137 e. The Bertz CT molecular complexity index is 392. The van der Waals surface area contributed by atoms with E-state index < -0.39 is 0 Å². The van der Waals surface area contributed by atoms with E-state index in [2.05, 4.69) is 24.0 Å². The molecule has 0 unspecified atom stereocenters. The Labute approximate surface area is 77.7 Å².